The molecule has 3 saturated heterocycles. The van der Waals surface area contributed by atoms with Crippen LogP contribution in [0.4, 0.5) is 23.0 Å². The summed E-state index contributed by atoms with van der Waals surface area (Å²) in [7, 11) is 0. The van der Waals surface area contributed by atoms with Gasteiger partial charge >= 0.3 is 0 Å². The summed E-state index contributed by atoms with van der Waals surface area (Å²) in [6.07, 6.45) is 5.85. The van der Waals surface area contributed by atoms with Crippen LogP contribution in [0.1, 0.15) is 67.9 Å². The lowest BCUT2D eigenvalue weighted by Gasteiger charge is -2.39. The summed E-state index contributed by atoms with van der Waals surface area (Å²) < 4.78 is 0. The number of likely N-dealkylation sites (tertiary alicyclic amines) is 1. The molecule has 4 heterocycles. The Labute approximate surface area is 369 Å². The predicted molar refractivity (Wildman–Crippen MR) is 245 cm³/mol. The quantitative estimate of drug-likeness (QED) is 0.0476. The normalized spacial score (nSPS) is 17.9. The second-order valence-electron chi connectivity index (χ2n) is 17.7. The number of carbonyl (C=O) groups excluding carboxylic acids is 4. The first-order valence-corrected chi connectivity index (χ1v) is 21.7. The third-order valence-corrected chi connectivity index (χ3v) is 12.0. The number of aryl methyl sites for hydroxylation is 1. The van der Waals surface area contributed by atoms with E-state index in [9.17, 15) is 19.2 Å². The highest BCUT2D eigenvalue weighted by Gasteiger charge is 2.29. The van der Waals surface area contributed by atoms with Crippen LogP contribution in [-0.4, -0.2) is 106 Å². The maximum atomic E-state index is 13.4. The van der Waals surface area contributed by atoms with Crippen LogP contribution in [0.15, 0.2) is 90.9 Å². The summed E-state index contributed by atoms with van der Waals surface area (Å²) >= 11 is 0. The van der Waals surface area contributed by atoms with Gasteiger partial charge in [-0.05, 0) is 119 Å². The summed E-state index contributed by atoms with van der Waals surface area (Å²) in [5.74, 6) is 6.08. The van der Waals surface area contributed by atoms with Gasteiger partial charge in [0.15, 0.2) is 0 Å². The van der Waals surface area contributed by atoms with Crippen LogP contribution >= 0.6 is 0 Å². The van der Waals surface area contributed by atoms with Crippen LogP contribution in [0.25, 0.3) is 11.3 Å². The molecule has 332 valence electrons. The number of piperidine rings is 2. The number of hydrogen-bond donors (Lipinski definition) is 6. The Hall–Kier alpha value is -6.52. The largest absolute Gasteiger partial charge is 0.393 e. The maximum absolute atomic E-state index is 13.4. The monoisotopic (exact) mass is 856 g/mol. The van der Waals surface area contributed by atoms with Crippen LogP contribution in [0, 0.1) is 12.8 Å². The van der Waals surface area contributed by atoms with E-state index in [0.717, 1.165) is 86.7 Å². The van der Waals surface area contributed by atoms with Gasteiger partial charge in [0.2, 0.25) is 17.8 Å². The Morgan fingerprint density at radius 2 is 1.67 bits per heavy atom. The molecule has 1 aromatic heterocycles. The van der Waals surface area contributed by atoms with Crippen molar-refractivity contribution < 1.29 is 19.2 Å². The molecule has 0 radical (unpaired) electrons. The number of carbonyl (C=O) groups is 4. The van der Waals surface area contributed by atoms with Gasteiger partial charge < -0.3 is 36.5 Å². The molecule has 63 heavy (non-hydrogen) atoms. The Bertz CT molecular complexity index is 2310. The van der Waals surface area contributed by atoms with Gasteiger partial charge in [0, 0.05) is 105 Å². The average Bonchev–Trinajstić information content (AvgIpc) is 3.27. The number of hydrogen-bond acceptors (Lipinski definition) is 13. The molecule has 3 aromatic carbocycles. The van der Waals surface area contributed by atoms with E-state index >= 15 is 0 Å². The van der Waals surface area contributed by atoms with E-state index in [2.05, 4.69) is 60.3 Å². The molecule has 8 N–H and O–H groups in total. The predicted octanol–water partition coefficient (Wildman–Crippen LogP) is 4.48. The van der Waals surface area contributed by atoms with Crippen molar-refractivity contribution in [2.75, 3.05) is 61.3 Å². The zero-order chi connectivity index (χ0) is 44.7. The molecular weight excluding hydrogens is 797 g/mol. The van der Waals surface area contributed by atoms with Crippen molar-refractivity contribution in [3.8, 4) is 11.3 Å². The lowest BCUT2D eigenvalue weighted by Crippen LogP contribution is -2.49. The van der Waals surface area contributed by atoms with Crippen LogP contribution in [0.3, 0.4) is 0 Å². The highest BCUT2D eigenvalue weighted by atomic mass is 16.2. The van der Waals surface area contributed by atoms with E-state index in [4.69, 9.17) is 16.6 Å². The molecule has 3 fully saturated rings. The molecular formula is C47H60N12O4. The van der Waals surface area contributed by atoms with Crippen LogP contribution in [0.5, 0.6) is 0 Å². The Kier molecular flexibility index (Phi) is 13.9. The third-order valence-electron chi connectivity index (χ3n) is 12.0. The highest BCUT2D eigenvalue weighted by molar-refractivity contribution is 6.01. The zero-order valence-corrected chi connectivity index (χ0v) is 36.7. The first-order chi connectivity index (χ1) is 30.2. The number of aromatic nitrogens is 2. The Morgan fingerprint density at radius 3 is 2.37 bits per heavy atom. The third kappa shape index (κ3) is 11.7. The van der Waals surface area contributed by atoms with Gasteiger partial charge in [0.1, 0.15) is 11.7 Å². The fourth-order valence-corrected chi connectivity index (χ4v) is 8.03. The van der Waals surface area contributed by atoms with Crippen LogP contribution in [0.2, 0.25) is 0 Å². The fraction of sp³-hybridized carbons (Fsp3) is 0.404. The fourth-order valence-electron chi connectivity index (χ4n) is 8.03. The average molecular weight is 857 g/mol. The van der Waals surface area contributed by atoms with Crippen molar-refractivity contribution in [1.29, 1.82) is 0 Å². The second-order valence-corrected chi connectivity index (χ2v) is 17.7. The molecule has 7 rings (SSSR count). The van der Waals surface area contributed by atoms with Crippen LogP contribution in [-0.2, 0) is 20.9 Å². The van der Waals surface area contributed by atoms with Crippen molar-refractivity contribution >= 4 is 46.6 Å². The summed E-state index contributed by atoms with van der Waals surface area (Å²) in [5, 5.41) is 13.2. The van der Waals surface area contributed by atoms with Crippen molar-refractivity contribution in [2.45, 2.75) is 71.5 Å². The van der Waals surface area contributed by atoms with E-state index < -0.39 is 6.04 Å². The van der Waals surface area contributed by atoms with E-state index in [1.54, 1.807) is 12.3 Å². The summed E-state index contributed by atoms with van der Waals surface area (Å²) in [4.78, 5) is 65.9. The number of nitrogens with zero attached hydrogens (tertiary/aromatic N) is 6. The van der Waals surface area contributed by atoms with Crippen molar-refractivity contribution in [1.82, 2.24) is 35.4 Å². The van der Waals surface area contributed by atoms with Gasteiger partial charge in [-0.1, -0.05) is 18.2 Å². The molecule has 4 amide bonds. The Morgan fingerprint density at radius 1 is 0.921 bits per heavy atom. The minimum Gasteiger partial charge on any atom is -0.393 e. The van der Waals surface area contributed by atoms with Gasteiger partial charge in [-0.3, -0.25) is 29.4 Å². The first-order valence-electron chi connectivity index (χ1n) is 21.7. The number of amides is 4. The number of imide groups is 1. The van der Waals surface area contributed by atoms with Gasteiger partial charge in [-0.2, -0.15) is 0 Å². The van der Waals surface area contributed by atoms with Gasteiger partial charge in [0.25, 0.3) is 11.8 Å². The minimum atomic E-state index is -0.494. The molecule has 3 aliphatic heterocycles. The summed E-state index contributed by atoms with van der Waals surface area (Å²) in [6, 6.07) is 23.1. The summed E-state index contributed by atoms with van der Waals surface area (Å²) in [6.45, 7) is 14.4. The molecule has 1 unspecified atom stereocenters. The van der Waals surface area contributed by atoms with Crippen molar-refractivity contribution in [3.05, 3.63) is 108 Å². The molecule has 0 aliphatic carbocycles. The standard InChI is InChI=1S/C47H60N12O4/c1-31-26-33(8-9-35(31)28-51-43(61)39(48)30-59(49)47(2,3)4)40-16-19-50-46(54-40)53-36-10-12-38(13-11-36)57-24-22-56(23-25-57)29-32-17-20-58(21-18-32)45(63)34-6-5-7-37(27-34)52-41-14-15-42(60)55-44(41)62/h5-13,16,19,26-27,30,32,41,52H,14-15,17-18,20-25,28-29,48-49H2,1-4H3,(H,51,61)(H,50,53,54)(H,55,60,62)/b39-30-. The number of nitrogens with one attached hydrogen (secondary N) is 4. The Balaban J connectivity index is 0.838. The maximum Gasteiger partial charge on any atom is 0.268 e. The topological polar surface area (TPSA) is 207 Å². The lowest BCUT2D eigenvalue weighted by molar-refractivity contribution is -0.133. The molecule has 0 spiro atoms. The molecule has 3 aliphatic rings. The molecule has 16 nitrogen and oxygen atoms in total. The zero-order valence-electron chi connectivity index (χ0n) is 36.7. The summed E-state index contributed by atoms with van der Waals surface area (Å²) in [5.41, 5.74) is 12.7. The smallest absolute Gasteiger partial charge is 0.268 e. The van der Waals surface area contributed by atoms with Gasteiger partial charge in [0.05, 0.1) is 5.69 Å². The number of rotatable bonds is 13. The molecule has 0 bridgehead atoms. The van der Waals surface area contributed by atoms with E-state index in [1.807, 2.05) is 75.1 Å². The van der Waals surface area contributed by atoms with Crippen molar-refractivity contribution in [3.63, 3.8) is 0 Å². The number of hydrazine groups is 1. The second kappa shape index (κ2) is 19.7. The number of nitrogens with two attached hydrogens (primary N) is 2. The molecule has 16 heteroatoms. The van der Waals surface area contributed by atoms with E-state index in [0.29, 0.717) is 42.5 Å². The van der Waals surface area contributed by atoms with Crippen molar-refractivity contribution in [2.24, 2.45) is 17.5 Å². The number of anilines is 4. The SMILES string of the molecule is Cc1cc(-c2ccnc(Nc3ccc(N4CCN(CC5CCN(C(=O)c6cccc(NC7CCC(=O)NC7=O)c6)CC5)CC4)cc3)n2)ccc1CNC(=O)/C(N)=C/N(N)C(C)(C)C. The van der Waals surface area contributed by atoms with Gasteiger partial charge in [-0.15, -0.1) is 0 Å². The molecule has 0 saturated carbocycles. The minimum absolute atomic E-state index is 0.00596. The van der Waals surface area contributed by atoms with E-state index in [-0.39, 0.29) is 34.9 Å². The van der Waals surface area contributed by atoms with Gasteiger partial charge in [-0.25, -0.2) is 15.8 Å². The van der Waals surface area contributed by atoms with E-state index in [1.165, 1.54) is 16.9 Å². The number of piperazine rings is 1. The molecule has 1 atom stereocenters. The number of benzene rings is 3. The van der Waals surface area contributed by atoms with Crippen LogP contribution < -0.4 is 37.7 Å². The molecule has 4 aromatic rings. The highest BCUT2D eigenvalue weighted by Crippen LogP contribution is 2.26. The lowest BCUT2D eigenvalue weighted by atomic mass is 9.95. The first kappa shape index (κ1) is 44.5.